The Morgan fingerprint density at radius 3 is 2.47 bits per heavy atom. The highest BCUT2D eigenvalue weighted by Gasteiger charge is 2.36. The molecule has 1 aliphatic heterocycles. The van der Waals surface area contributed by atoms with Gasteiger partial charge in [0.25, 0.3) is 0 Å². The van der Waals surface area contributed by atoms with Crippen LogP contribution in [0.4, 0.5) is 5.69 Å². The standard InChI is InChI=1S/C14H20N2O/c15-10-12-9-14(12)11-1-3-13(4-2-11)16-5-7-17-8-6-16/h1-4,12,14H,5-10,15H2/t12-,14-/m0/s1. The molecule has 3 heteroatoms. The average Bonchev–Trinajstić information content (AvgIpc) is 3.19. The minimum absolute atomic E-state index is 0.721. The SMILES string of the molecule is NC[C@@H]1C[C@H]1c1ccc(N2CCOCC2)cc1. The number of nitrogens with zero attached hydrogens (tertiary/aromatic N) is 1. The van der Waals surface area contributed by atoms with Crippen LogP contribution in [-0.4, -0.2) is 32.8 Å². The Hall–Kier alpha value is -1.06. The maximum atomic E-state index is 5.69. The largest absolute Gasteiger partial charge is 0.378 e. The Morgan fingerprint density at radius 1 is 1.18 bits per heavy atom. The van der Waals surface area contributed by atoms with E-state index in [9.17, 15) is 0 Å². The molecular formula is C14H20N2O. The zero-order valence-corrected chi connectivity index (χ0v) is 10.1. The normalized spacial score (nSPS) is 28.2. The predicted octanol–water partition coefficient (Wildman–Crippen LogP) is 1.59. The van der Waals surface area contributed by atoms with Gasteiger partial charge in [-0.1, -0.05) is 12.1 Å². The number of hydrogen-bond donors (Lipinski definition) is 1. The van der Waals surface area contributed by atoms with E-state index in [0.29, 0.717) is 0 Å². The molecule has 1 aliphatic carbocycles. The van der Waals surface area contributed by atoms with E-state index in [2.05, 4.69) is 29.2 Å². The van der Waals surface area contributed by atoms with Crippen molar-refractivity contribution < 1.29 is 4.74 Å². The number of benzene rings is 1. The van der Waals surface area contributed by atoms with E-state index >= 15 is 0 Å². The summed E-state index contributed by atoms with van der Waals surface area (Å²) in [4.78, 5) is 2.39. The van der Waals surface area contributed by atoms with Crippen molar-refractivity contribution in [3.8, 4) is 0 Å². The number of rotatable bonds is 3. The summed E-state index contributed by atoms with van der Waals surface area (Å²) in [6, 6.07) is 9.02. The number of ether oxygens (including phenoxy) is 1. The van der Waals surface area contributed by atoms with Crippen LogP contribution in [0.25, 0.3) is 0 Å². The highest BCUT2D eigenvalue weighted by Crippen LogP contribution is 2.46. The monoisotopic (exact) mass is 232 g/mol. The molecule has 0 bridgehead atoms. The summed E-state index contributed by atoms with van der Waals surface area (Å²) >= 11 is 0. The first-order valence-electron chi connectivity index (χ1n) is 6.51. The summed E-state index contributed by atoms with van der Waals surface area (Å²) in [5, 5.41) is 0. The van der Waals surface area contributed by atoms with Crippen LogP contribution in [0.15, 0.2) is 24.3 Å². The van der Waals surface area contributed by atoms with Crippen LogP contribution in [0.5, 0.6) is 0 Å². The lowest BCUT2D eigenvalue weighted by Crippen LogP contribution is -2.36. The molecule has 2 atom stereocenters. The van der Waals surface area contributed by atoms with Crippen LogP contribution in [0.3, 0.4) is 0 Å². The first-order valence-corrected chi connectivity index (χ1v) is 6.51. The molecule has 3 nitrogen and oxygen atoms in total. The van der Waals surface area contributed by atoms with Crippen LogP contribution in [-0.2, 0) is 4.74 Å². The number of anilines is 1. The molecule has 1 saturated carbocycles. The van der Waals surface area contributed by atoms with Crippen LogP contribution in [0.2, 0.25) is 0 Å². The van der Waals surface area contributed by atoms with Gasteiger partial charge in [0, 0.05) is 18.8 Å². The quantitative estimate of drug-likeness (QED) is 0.860. The molecule has 2 N–H and O–H groups in total. The first-order chi connectivity index (χ1) is 8.38. The summed E-state index contributed by atoms with van der Waals surface area (Å²) in [7, 11) is 0. The molecular weight excluding hydrogens is 212 g/mol. The van der Waals surface area contributed by atoms with Gasteiger partial charge in [-0.3, -0.25) is 0 Å². The van der Waals surface area contributed by atoms with E-state index in [1.165, 1.54) is 17.7 Å². The van der Waals surface area contributed by atoms with E-state index in [4.69, 9.17) is 10.5 Å². The molecule has 0 amide bonds. The van der Waals surface area contributed by atoms with Crippen LogP contribution in [0.1, 0.15) is 17.9 Å². The van der Waals surface area contributed by atoms with Crippen molar-refractivity contribution in [2.45, 2.75) is 12.3 Å². The number of morpholine rings is 1. The van der Waals surface area contributed by atoms with Gasteiger partial charge in [0.1, 0.15) is 0 Å². The van der Waals surface area contributed by atoms with Gasteiger partial charge in [-0.2, -0.15) is 0 Å². The first kappa shape index (κ1) is 11.1. The van der Waals surface area contributed by atoms with E-state index in [1.807, 2.05) is 0 Å². The average molecular weight is 232 g/mol. The molecule has 2 fully saturated rings. The molecule has 2 aliphatic rings. The minimum atomic E-state index is 0.721. The molecule has 1 aromatic carbocycles. The summed E-state index contributed by atoms with van der Waals surface area (Å²) in [6.07, 6.45) is 1.27. The fraction of sp³-hybridized carbons (Fsp3) is 0.571. The summed E-state index contributed by atoms with van der Waals surface area (Å²) < 4.78 is 5.37. The van der Waals surface area contributed by atoms with Crippen molar-refractivity contribution in [2.24, 2.45) is 11.7 Å². The Labute approximate surface area is 103 Å². The van der Waals surface area contributed by atoms with Crippen molar-refractivity contribution in [1.82, 2.24) is 0 Å². The van der Waals surface area contributed by atoms with Gasteiger partial charge in [0.05, 0.1) is 13.2 Å². The highest BCUT2D eigenvalue weighted by atomic mass is 16.5. The third-order valence-corrected chi connectivity index (χ3v) is 3.92. The third kappa shape index (κ3) is 2.31. The molecule has 92 valence electrons. The summed E-state index contributed by atoms with van der Waals surface area (Å²) in [6.45, 7) is 4.54. The maximum Gasteiger partial charge on any atom is 0.0642 e. The van der Waals surface area contributed by atoms with Gasteiger partial charge >= 0.3 is 0 Å². The molecule has 0 unspecified atom stereocenters. The van der Waals surface area contributed by atoms with Crippen molar-refractivity contribution in [3.05, 3.63) is 29.8 Å². The molecule has 17 heavy (non-hydrogen) atoms. The van der Waals surface area contributed by atoms with Crippen molar-refractivity contribution in [1.29, 1.82) is 0 Å². The van der Waals surface area contributed by atoms with Gasteiger partial charge in [-0.15, -0.1) is 0 Å². The zero-order chi connectivity index (χ0) is 11.7. The van der Waals surface area contributed by atoms with Gasteiger partial charge in [-0.25, -0.2) is 0 Å². The van der Waals surface area contributed by atoms with Crippen molar-refractivity contribution in [2.75, 3.05) is 37.7 Å². The minimum Gasteiger partial charge on any atom is -0.378 e. The second kappa shape index (κ2) is 4.67. The second-order valence-electron chi connectivity index (χ2n) is 5.03. The Bertz CT molecular complexity index is 370. The Kier molecular flexibility index (Phi) is 3.04. The molecule has 1 aromatic rings. The molecule has 1 heterocycles. The molecule has 0 spiro atoms. The fourth-order valence-corrected chi connectivity index (χ4v) is 2.67. The van der Waals surface area contributed by atoms with E-state index < -0.39 is 0 Å². The van der Waals surface area contributed by atoms with Crippen molar-refractivity contribution in [3.63, 3.8) is 0 Å². The summed E-state index contributed by atoms with van der Waals surface area (Å²) in [5.41, 5.74) is 8.46. The van der Waals surface area contributed by atoms with Crippen LogP contribution >= 0.6 is 0 Å². The third-order valence-electron chi connectivity index (χ3n) is 3.92. The van der Waals surface area contributed by atoms with E-state index in [1.54, 1.807) is 0 Å². The Morgan fingerprint density at radius 2 is 1.88 bits per heavy atom. The van der Waals surface area contributed by atoms with E-state index in [0.717, 1.165) is 44.7 Å². The lowest BCUT2D eigenvalue weighted by Gasteiger charge is -2.28. The van der Waals surface area contributed by atoms with Crippen molar-refractivity contribution >= 4 is 5.69 Å². The zero-order valence-electron chi connectivity index (χ0n) is 10.1. The Balaban J connectivity index is 1.67. The van der Waals surface area contributed by atoms with Gasteiger partial charge in [0.2, 0.25) is 0 Å². The molecule has 3 rings (SSSR count). The van der Waals surface area contributed by atoms with E-state index in [-0.39, 0.29) is 0 Å². The predicted molar refractivity (Wildman–Crippen MR) is 69.4 cm³/mol. The fourth-order valence-electron chi connectivity index (χ4n) is 2.67. The lowest BCUT2D eigenvalue weighted by atomic mass is 10.1. The lowest BCUT2D eigenvalue weighted by molar-refractivity contribution is 0.122. The molecule has 0 radical (unpaired) electrons. The second-order valence-corrected chi connectivity index (χ2v) is 5.03. The van der Waals surface area contributed by atoms with Crippen LogP contribution in [0, 0.1) is 5.92 Å². The van der Waals surface area contributed by atoms with Crippen LogP contribution < -0.4 is 10.6 Å². The number of nitrogens with two attached hydrogens (primary N) is 1. The van der Waals surface area contributed by atoms with Gasteiger partial charge < -0.3 is 15.4 Å². The topological polar surface area (TPSA) is 38.5 Å². The number of hydrogen-bond acceptors (Lipinski definition) is 3. The highest BCUT2D eigenvalue weighted by molar-refractivity contribution is 5.49. The molecule has 1 saturated heterocycles. The maximum absolute atomic E-state index is 5.69. The van der Waals surface area contributed by atoms with Gasteiger partial charge in [-0.05, 0) is 42.5 Å². The smallest absolute Gasteiger partial charge is 0.0642 e. The molecule has 0 aromatic heterocycles. The van der Waals surface area contributed by atoms with Gasteiger partial charge in [0.15, 0.2) is 0 Å². The summed E-state index contributed by atoms with van der Waals surface area (Å²) in [5.74, 6) is 1.45.